The van der Waals surface area contributed by atoms with Gasteiger partial charge in [-0.15, -0.1) is 0 Å². The molecule has 1 aromatic rings. The summed E-state index contributed by atoms with van der Waals surface area (Å²) < 4.78 is 0. The van der Waals surface area contributed by atoms with Crippen LogP contribution in [0.5, 0.6) is 0 Å². The van der Waals surface area contributed by atoms with Gasteiger partial charge in [-0.3, -0.25) is 0 Å². The van der Waals surface area contributed by atoms with Crippen LogP contribution >= 0.6 is 0 Å². The van der Waals surface area contributed by atoms with Crippen molar-refractivity contribution in [2.75, 3.05) is 0 Å². The molecule has 0 saturated carbocycles. The average molecular weight is 160 g/mol. The Labute approximate surface area is 72.3 Å². The molecule has 0 spiro atoms. The third-order valence-corrected chi connectivity index (χ3v) is 1.68. The smallest absolute Gasteiger partial charge is 0.170 e. The van der Waals surface area contributed by atoms with E-state index in [0.29, 0.717) is 11.0 Å². The van der Waals surface area contributed by atoms with Gasteiger partial charge in [0, 0.05) is 5.56 Å². The van der Waals surface area contributed by atoms with Crippen molar-refractivity contribution in [3.63, 3.8) is 0 Å². The Morgan fingerprint density at radius 2 is 2.25 bits per heavy atom. The highest BCUT2D eigenvalue weighted by Crippen LogP contribution is 1.99. The molecule has 0 aliphatic rings. The monoisotopic (exact) mass is 160 g/mol. The quantitative estimate of drug-likeness (QED) is 0.198. The zero-order valence-corrected chi connectivity index (χ0v) is 6.78. The third kappa shape index (κ3) is 1.58. The number of nitrogens with zero attached hydrogens (tertiary/aromatic N) is 1. The Morgan fingerprint density at radius 1 is 1.58 bits per heavy atom. The summed E-state index contributed by atoms with van der Waals surface area (Å²) in [5, 5.41) is 11.2. The van der Waals surface area contributed by atoms with Crippen LogP contribution in [0.15, 0.2) is 23.4 Å². The molecule has 3 N–H and O–H groups in total. The van der Waals surface area contributed by atoms with Gasteiger partial charge in [-0.25, -0.2) is 0 Å². The minimum atomic E-state index is 0.0710. The molecule has 0 amide bonds. The lowest BCUT2D eigenvalue weighted by Crippen LogP contribution is -2.17. The van der Waals surface area contributed by atoms with Gasteiger partial charge in [-0.05, 0) is 6.92 Å². The van der Waals surface area contributed by atoms with Gasteiger partial charge in [-0.1, -0.05) is 34.4 Å². The standard InChI is InChI=1S/C8H9BN2O/c1-5-2-3-6(4-7(5)9)8(10)11-12/h2-4,12H,1H3,(H2,10,11). The first-order valence-electron chi connectivity index (χ1n) is 3.49. The van der Waals surface area contributed by atoms with Gasteiger partial charge >= 0.3 is 0 Å². The molecule has 3 nitrogen and oxygen atoms in total. The van der Waals surface area contributed by atoms with Crippen LogP contribution < -0.4 is 11.2 Å². The van der Waals surface area contributed by atoms with Crippen LogP contribution in [0.4, 0.5) is 0 Å². The van der Waals surface area contributed by atoms with Gasteiger partial charge in [0.2, 0.25) is 0 Å². The number of nitrogens with two attached hydrogens (primary N) is 1. The zero-order chi connectivity index (χ0) is 9.14. The summed E-state index contributed by atoms with van der Waals surface area (Å²) in [6.07, 6.45) is 0. The largest absolute Gasteiger partial charge is 0.409 e. The molecule has 0 bridgehead atoms. The second-order valence-corrected chi connectivity index (χ2v) is 2.56. The van der Waals surface area contributed by atoms with Crippen LogP contribution in [0.3, 0.4) is 0 Å². The maximum atomic E-state index is 8.37. The first-order chi connectivity index (χ1) is 5.65. The van der Waals surface area contributed by atoms with Gasteiger partial charge < -0.3 is 10.9 Å². The van der Waals surface area contributed by atoms with Crippen molar-refractivity contribution in [1.29, 1.82) is 0 Å². The summed E-state index contributed by atoms with van der Waals surface area (Å²) in [6.45, 7) is 1.89. The summed E-state index contributed by atoms with van der Waals surface area (Å²) in [6, 6.07) is 5.24. The Hall–Kier alpha value is -1.45. The maximum absolute atomic E-state index is 8.37. The minimum absolute atomic E-state index is 0.0710. The van der Waals surface area contributed by atoms with Gasteiger partial charge in [0.1, 0.15) is 7.85 Å². The molecule has 0 saturated heterocycles. The minimum Gasteiger partial charge on any atom is -0.409 e. The van der Waals surface area contributed by atoms with Crippen molar-refractivity contribution in [3.05, 3.63) is 29.3 Å². The number of aryl methyl sites for hydroxylation is 1. The number of hydrogen-bond donors (Lipinski definition) is 2. The molecule has 0 aromatic heterocycles. The predicted octanol–water partition coefficient (Wildman–Crippen LogP) is -0.117. The Balaban J connectivity index is 3.13. The zero-order valence-electron chi connectivity index (χ0n) is 6.78. The van der Waals surface area contributed by atoms with E-state index in [2.05, 4.69) is 5.16 Å². The molecule has 0 unspecified atom stereocenters. The van der Waals surface area contributed by atoms with Gasteiger partial charge in [-0.2, -0.15) is 0 Å². The van der Waals surface area contributed by atoms with Crippen LogP contribution in [0.25, 0.3) is 0 Å². The fourth-order valence-electron chi connectivity index (χ4n) is 0.858. The van der Waals surface area contributed by atoms with E-state index in [9.17, 15) is 0 Å². The van der Waals surface area contributed by atoms with E-state index in [1.165, 1.54) is 0 Å². The molecule has 1 rings (SSSR count). The molecular formula is C8H9BN2O. The number of rotatable bonds is 1. The molecule has 0 fully saturated rings. The van der Waals surface area contributed by atoms with Crippen LogP contribution in [-0.4, -0.2) is 18.9 Å². The average Bonchev–Trinajstić information content (AvgIpc) is 2.08. The Kier molecular flexibility index (Phi) is 2.38. The molecule has 0 atom stereocenters. The summed E-state index contributed by atoms with van der Waals surface area (Å²) in [7, 11) is 5.62. The van der Waals surface area contributed by atoms with Crippen molar-refractivity contribution >= 4 is 19.1 Å². The van der Waals surface area contributed by atoms with E-state index < -0.39 is 0 Å². The molecule has 2 radical (unpaired) electrons. The van der Waals surface area contributed by atoms with Gasteiger partial charge in [0.05, 0.1) is 0 Å². The Morgan fingerprint density at radius 3 is 2.75 bits per heavy atom. The summed E-state index contributed by atoms with van der Waals surface area (Å²) in [5.41, 5.74) is 7.60. The predicted molar refractivity (Wildman–Crippen MR) is 49.1 cm³/mol. The number of amidine groups is 1. The van der Waals surface area contributed by atoms with Crippen molar-refractivity contribution in [3.8, 4) is 0 Å². The summed E-state index contributed by atoms with van der Waals surface area (Å²) >= 11 is 0. The van der Waals surface area contributed by atoms with E-state index >= 15 is 0 Å². The topological polar surface area (TPSA) is 58.6 Å². The lowest BCUT2D eigenvalue weighted by molar-refractivity contribution is 0.318. The van der Waals surface area contributed by atoms with Crippen LogP contribution in [-0.2, 0) is 0 Å². The van der Waals surface area contributed by atoms with Gasteiger partial charge in [0.25, 0.3) is 0 Å². The molecular weight excluding hydrogens is 151 g/mol. The second-order valence-electron chi connectivity index (χ2n) is 2.56. The van der Waals surface area contributed by atoms with E-state index in [-0.39, 0.29) is 5.84 Å². The summed E-state index contributed by atoms with van der Waals surface area (Å²) in [4.78, 5) is 0. The second kappa shape index (κ2) is 3.30. The molecule has 12 heavy (non-hydrogen) atoms. The van der Waals surface area contributed by atoms with E-state index in [4.69, 9.17) is 18.8 Å². The highest BCUT2D eigenvalue weighted by atomic mass is 16.4. The van der Waals surface area contributed by atoms with Crippen LogP contribution in [0.1, 0.15) is 11.1 Å². The van der Waals surface area contributed by atoms with Gasteiger partial charge in [0.15, 0.2) is 5.84 Å². The van der Waals surface area contributed by atoms with Crippen molar-refractivity contribution < 1.29 is 5.21 Å². The summed E-state index contributed by atoms with van der Waals surface area (Å²) in [5.74, 6) is 0.0710. The number of hydrogen-bond acceptors (Lipinski definition) is 2. The first kappa shape index (κ1) is 8.65. The Bertz CT molecular complexity index is 323. The van der Waals surface area contributed by atoms with E-state index in [1.807, 2.05) is 13.0 Å². The highest BCUT2D eigenvalue weighted by molar-refractivity contribution is 6.33. The fraction of sp³-hybridized carbons (Fsp3) is 0.125. The lowest BCUT2D eigenvalue weighted by atomic mass is 9.89. The molecule has 4 heteroatoms. The number of oxime groups is 1. The third-order valence-electron chi connectivity index (χ3n) is 1.68. The van der Waals surface area contributed by atoms with Crippen molar-refractivity contribution in [2.24, 2.45) is 10.9 Å². The SMILES string of the molecule is [B]c1cc(C(N)=NO)ccc1C. The van der Waals surface area contributed by atoms with Crippen molar-refractivity contribution in [2.45, 2.75) is 6.92 Å². The normalized spacial score (nSPS) is 11.6. The lowest BCUT2D eigenvalue weighted by Gasteiger charge is -2.02. The maximum Gasteiger partial charge on any atom is 0.170 e. The molecule has 0 aliphatic carbocycles. The van der Waals surface area contributed by atoms with E-state index in [0.717, 1.165) is 5.56 Å². The molecule has 1 aromatic carbocycles. The number of benzene rings is 1. The highest BCUT2D eigenvalue weighted by Gasteiger charge is 1.99. The van der Waals surface area contributed by atoms with Crippen LogP contribution in [0.2, 0.25) is 0 Å². The van der Waals surface area contributed by atoms with Crippen molar-refractivity contribution in [1.82, 2.24) is 0 Å². The molecule has 0 aliphatic heterocycles. The fourth-order valence-corrected chi connectivity index (χ4v) is 0.858. The first-order valence-corrected chi connectivity index (χ1v) is 3.49. The van der Waals surface area contributed by atoms with Crippen LogP contribution in [0, 0.1) is 6.92 Å². The molecule has 0 heterocycles. The van der Waals surface area contributed by atoms with E-state index in [1.54, 1.807) is 12.1 Å². The molecule has 60 valence electrons.